The zero-order valence-electron chi connectivity index (χ0n) is 12.3. The normalized spacial score (nSPS) is 15.3. The number of nitrogens with zero attached hydrogens (tertiary/aromatic N) is 1. The Morgan fingerprint density at radius 3 is 2.71 bits per heavy atom. The summed E-state index contributed by atoms with van der Waals surface area (Å²) in [6.07, 6.45) is 4.33. The van der Waals surface area contributed by atoms with Gasteiger partial charge in [0.05, 0.1) is 6.54 Å². The van der Waals surface area contributed by atoms with Gasteiger partial charge in [-0.3, -0.25) is 4.79 Å². The lowest BCUT2D eigenvalue weighted by Crippen LogP contribution is -2.28. The molecule has 3 rings (SSSR count). The van der Waals surface area contributed by atoms with E-state index in [9.17, 15) is 4.79 Å². The smallest absolute Gasteiger partial charge is 0.223 e. The topological polar surface area (TPSA) is 55.1 Å². The van der Waals surface area contributed by atoms with Gasteiger partial charge in [-0.25, -0.2) is 4.98 Å². The molecule has 0 unspecified atom stereocenters. The molecular formula is C17H20N2O2. The number of amides is 1. The van der Waals surface area contributed by atoms with Gasteiger partial charge in [-0.1, -0.05) is 43.2 Å². The molecule has 2 aromatic rings. The summed E-state index contributed by atoms with van der Waals surface area (Å²) in [5.74, 6) is 1.66. The van der Waals surface area contributed by atoms with Crippen LogP contribution in [0.15, 0.2) is 34.7 Å². The van der Waals surface area contributed by atoms with Gasteiger partial charge in [-0.2, -0.15) is 0 Å². The number of hydrogen-bond acceptors (Lipinski definition) is 3. The molecule has 1 N–H and O–H groups in total. The van der Waals surface area contributed by atoms with Gasteiger partial charge in [-0.15, -0.1) is 0 Å². The summed E-state index contributed by atoms with van der Waals surface area (Å²) in [6.45, 7) is 2.26. The van der Waals surface area contributed by atoms with Crippen LogP contribution in [0.5, 0.6) is 0 Å². The Bertz CT molecular complexity index is 613. The molecule has 21 heavy (non-hydrogen) atoms. The third-order valence-corrected chi connectivity index (χ3v) is 4.03. The average Bonchev–Trinajstić information content (AvgIpc) is 3.15. The van der Waals surface area contributed by atoms with E-state index >= 15 is 0 Å². The second-order valence-electron chi connectivity index (χ2n) is 5.58. The van der Waals surface area contributed by atoms with E-state index in [1.807, 2.05) is 37.3 Å². The van der Waals surface area contributed by atoms with Crippen LogP contribution in [0.1, 0.15) is 37.3 Å². The first-order valence-electron chi connectivity index (χ1n) is 7.53. The number of benzene rings is 1. The predicted molar refractivity (Wildman–Crippen MR) is 80.5 cm³/mol. The van der Waals surface area contributed by atoms with Crippen molar-refractivity contribution in [3.63, 3.8) is 0 Å². The third kappa shape index (κ3) is 3.15. The van der Waals surface area contributed by atoms with Gasteiger partial charge in [0, 0.05) is 11.5 Å². The fraction of sp³-hybridized carbons (Fsp3) is 0.412. The van der Waals surface area contributed by atoms with Crippen molar-refractivity contribution in [2.45, 2.75) is 39.2 Å². The Morgan fingerprint density at radius 1 is 1.29 bits per heavy atom. The summed E-state index contributed by atoms with van der Waals surface area (Å²) in [5.41, 5.74) is 1.88. The van der Waals surface area contributed by atoms with E-state index in [1.165, 1.54) is 0 Å². The molecule has 1 saturated carbocycles. The molecule has 4 heteroatoms. The van der Waals surface area contributed by atoms with Gasteiger partial charge in [0.25, 0.3) is 0 Å². The van der Waals surface area contributed by atoms with Crippen LogP contribution in [0.2, 0.25) is 0 Å². The van der Waals surface area contributed by atoms with Crippen LogP contribution in [0.25, 0.3) is 11.3 Å². The summed E-state index contributed by atoms with van der Waals surface area (Å²) in [7, 11) is 0. The molecule has 0 saturated heterocycles. The summed E-state index contributed by atoms with van der Waals surface area (Å²) in [4.78, 5) is 16.5. The van der Waals surface area contributed by atoms with E-state index in [4.69, 9.17) is 4.42 Å². The predicted octanol–water partition coefficient (Wildman–Crippen LogP) is 3.46. The summed E-state index contributed by atoms with van der Waals surface area (Å²) in [6, 6.07) is 9.94. The molecule has 1 fully saturated rings. The number of carbonyl (C=O) groups excluding carboxylic acids is 1. The lowest BCUT2D eigenvalue weighted by molar-refractivity contribution is -0.125. The SMILES string of the molecule is Cc1oc(CNC(=O)C2CCCC2)nc1-c1ccccc1. The third-order valence-electron chi connectivity index (χ3n) is 4.03. The summed E-state index contributed by atoms with van der Waals surface area (Å²) in [5, 5.41) is 2.94. The Kier molecular flexibility index (Phi) is 4.04. The lowest BCUT2D eigenvalue weighted by atomic mass is 10.1. The number of carbonyl (C=O) groups is 1. The summed E-state index contributed by atoms with van der Waals surface area (Å²) >= 11 is 0. The molecule has 0 bridgehead atoms. The van der Waals surface area contributed by atoms with Crippen LogP contribution in [-0.2, 0) is 11.3 Å². The van der Waals surface area contributed by atoms with E-state index in [0.29, 0.717) is 12.4 Å². The van der Waals surface area contributed by atoms with E-state index < -0.39 is 0 Å². The van der Waals surface area contributed by atoms with Gasteiger partial charge in [0.1, 0.15) is 11.5 Å². The van der Waals surface area contributed by atoms with Crippen molar-refractivity contribution in [2.24, 2.45) is 5.92 Å². The second kappa shape index (κ2) is 6.12. The molecule has 1 aliphatic rings. The van der Waals surface area contributed by atoms with Crippen LogP contribution in [0.3, 0.4) is 0 Å². The van der Waals surface area contributed by atoms with Crippen LogP contribution in [-0.4, -0.2) is 10.9 Å². The Morgan fingerprint density at radius 2 is 2.00 bits per heavy atom. The van der Waals surface area contributed by atoms with Crippen molar-refractivity contribution in [1.29, 1.82) is 0 Å². The lowest BCUT2D eigenvalue weighted by Gasteiger charge is -2.08. The Balaban J connectivity index is 1.66. The highest BCUT2D eigenvalue weighted by Gasteiger charge is 2.22. The number of aromatic nitrogens is 1. The van der Waals surface area contributed by atoms with Crippen molar-refractivity contribution in [3.8, 4) is 11.3 Å². The maximum atomic E-state index is 12.0. The minimum atomic E-state index is 0.129. The second-order valence-corrected chi connectivity index (χ2v) is 5.58. The highest BCUT2D eigenvalue weighted by molar-refractivity contribution is 5.78. The number of oxazole rings is 1. The van der Waals surface area contributed by atoms with Gasteiger partial charge in [0.2, 0.25) is 11.8 Å². The first-order chi connectivity index (χ1) is 10.2. The average molecular weight is 284 g/mol. The van der Waals surface area contributed by atoms with E-state index in [2.05, 4.69) is 10.3 Å². The minimum Gasteiger partial charge on any atom is -0.443 e. The molecule has 4 nitrogen and oxygen atoms in total. The molecule has 1 amide bonds. The van der Waals surface area contributed by atoms with E-state index in [-0.39, 0.29) is 11.8 Å². The van der Waals surface area contributed by atoms with Crippen molar-refractivity contribution in [3.05, 3.63) is 42.0 Å². The Labute approximate surface area is 124 Å². The van der Waals surface area contributed by atoms with Crippen molar-refractivity contribution >= 4 is 5.91 Å². The Hall–Kier alpha value is -2.10. The zero-order chi connectivity index (χ0) is 14.7. The maximum absolute atomic E-state index is 12.0. The van der Waals surface area contributed by atoms with Gasteiger partial charge in [-0.05, 0) is 19.8 Å². The van der Waals surface area contributed by atoms with E-state index in [1.54, 1.807) is 0 Å². The molecule has 110 valence electrons. The monoisotopic (exact) mass is 284 g/mol. The first kappa shape index (κ1) is 13.9. The van der Waals surface area contributed by atoms with E-state index in [0.717, 1.165) is 42.7 Å². The fourth-order valence-electron chi connectivity index (χ4n) is 2.89. The molecule has 0 atom stereocenters. The number of aryl methyl sites for hydroxylation is 1. The molecule has 0 spiro atoms. The first-order valence-corrected chi connectivity index (χ1v) is 7.53. The fourth-order valence-corrected chi connectivity index (χ4v) is 2.89. The maximum Gasteiger partial charge on any atom is 0.223 e. The van der Waals surface area contributed by atoms with Crippen molar-refractivity contribution in [2.75, 3.05) is 0 Å². The van der Waals surface area contributed by atoms with Crippen molar-refractivity contribution < 1.29 is 9.21 Å². The highest BCUT2D eigenvalue weighted by atomic mass is 16.4. The van der Waals surface area contributed by atoms with Crippen LogP contribution in [0.4, 0.5) is 0 Å². The van der Waals surface area contributed by atoms with Crippen LogP contribution >= 0.6 is 0 Å². The molecule has 1 aromatic carbocycles. The molecular weight excluding hydrogens is 264 g/mol. The molecule has 0 radical (unpaired) electrons. The van der Waals surface area contributed by atoms with Crippen LogP contribution in [0, 0.1) is 12.8 Å². The van der Waals surface area contributed by atoms with Gasteiger partial charge in [0.15, 0.2) is 0 Å². The number of rotatable bonds is 4. The largest absolute Gasteiger partial charge is 0.443 e. The quantitative estimate of drug-likeness (QED) is 0.935. The van der Waals surface area contributed by atoms with Gasteiger partial charge < -0.3 is 9.73 Å². The molecule has 0 aliphatic heterocycles. The minimum absolute atomic E-state index is 0.129. The number of hydrogen-bond donors (Lipinski definition) is 1. The van der Waals surface area contributed by atoms with Crippen molar-refractivity contribution in [1.82, 2.24) is 10.3 Å². The number of nitrogens with one attached hydrogen (secondary N) is 1. The standard InChI is InChI=1S/C17H20N2O2/c1-12-16(13-7-3-2-4-8-13)19-15(21-12)11-18-17(20)14-9-5-6-10-14/h2-4,7-8,14H,5-6,9-11H2,1H3,(H,18,20). The molecule has 1 heterocycles. The highest BCUT2D eigenvalue weighted by Crippen LogP contribution is 2.25. The molecule has 1 aliphatic carbocycles. The van der Waals surface area contributed by atoms with Gasteiger partial charge >= 0.3 is 0 Å². The molecule has 1 aromatic heterocycles. The summed E-state index contributed by atoms with van der Waals surface area (Å²) < 4.78 is 5.66. The zero-order valence-corrected chi connectivity index (χ0v) is 12.3. The van der Waals surface area contributed by atoms with Crippen LogP contribution < -0.4 is 5.32 Å².